The number of nitrogens with one attached hydrogen (secondary N) is 1. The number of aromatic nitrogens is 1. The first-order valence-corrected chi connectivity index (χ1v) is 8.76. The molecule has 21 heavy (non-hydrogen) atoms. The molecule has 5 heteroatoms. The summed E-state index contributed by atoms with van der Waals surface area (Å²) in [7, 11) is 0. The Morgan fingerprint density at radius 2 is 2.05 bits per heavy atom. The molecule has 3 N–H and O–H groups in total. The fraction of sp³-hybridized carbons (Fsp3) is 0.750. The van der Waals surface area contributed by atoms with Gasteiger partial charge in [0.05, 0.1) is 10.7 Å². The van der Waals surface area contributed by atoms with Crippen LogP contribution in [0, 0.1) is 19.3 Å². The Balaban J connectivity index is 1.76. The Kier molecular flexibility index (Phi) is 5.76. The van der Waals surface area contributed by atoms with Crippen molar-refractivity contribution >= 4 is 17.2 Å². The maximum atomic E-state index is 12.2. The van der Waals surface area contributed by atoms with Crippen molar-refractivity contribution in [2.45, 2.75) is 58.8 Å². The highest BCUT2D eigenvalue weighted by Gasteiger charge is 2.32. The molecule has 0 radical (unpaired) electrons. The lowest BCUT2D eigenvalue weighted by Gasteiger charge is -2.35. The highest BCUT2D eigenvalue weighted by molar-refractivity contribution is 7.11. The lowest BCUT2D eigenvalue weighted by Crippen LogP contribution is -2.39. The Bertz CT molecular complexity index is 458. The second kappa shape index (κ2) is 7.36. The summed E-state index contributed by atoms with van der Waals surface area (Å²) in [6.45, 7) is 5.42. The molecule has 0 saturated heterocycles. The summed E-state index contributed by atoms with van der Waals surface area (Å²) in [4.78, 5) is 17.9. The smallest absolute Gasteiger partial charge is 0.220 e. The number of nitrogens with two attached hydrogens (primary N) is 1. The van der Waals surface area contributed by atoms with Crippen LogP contribution in [0.3, 0.4) is 0 Å². The maximum Gasteiger partial charge on any atom is 0.220 e. The van der Waals surface area contributed by atoms with E-state index in [1.165, 1.54) is 24.1 Å². The second-order valence-corrected chi connectivity index (χ2v) is 7.58. The number of hydrogen-bond donors (Lipinski definition) is 2. The van der Waals surface area contributed by atoms with Crippen LogP contribution < -0.4 is 11.1 Å². The number of carbonyl (C=O) groups is 1. The minimum absolute atomic E-state index is 0.0523. The van der Waals surface area contributed by atoms with Gasteiger partial charge >= 0.3 is 0 Å². The second-order valence-electron chi connectivity index (χ2n) is 6.29. The van der Waals surface area contributed by atoms with Gasteiger partial charge in [-0.05, 0) is 38.6 Å². The van der Waals surface area contributed by atoms with Gasteiger partial charge in [0.2, 0.25) is 5.91 Å². The molecule has 0 aliphatic heterocycles. The molecule has 1 saturated carbocycles. The van der Waals surface area contributed by atoms with E-state index in [0.717, 1.165) is 30.0 Å². The number of thiazole rings is 1. The van der Waals surface area contributed by atoms with Crippen molar-refractivity contribution in [1.29, 1.82) is 0 Å². The van der Waals surface area contributed by atoms with Crippen molar-refractivity contribution in [2.24, 2.45) is 11.1 Å². The Morgan fingerprint density at radius 1 is 1.33 bits per heavy atom. The van der Waals surface area contributed by atoms with Crippen molar-refractivity contribution in [3.05, 3.63) is 15.6 Å². The van der Waals surface area contributed by atoms with Crippen molar-refractivity contribution < 1.29 is 4.79 Å². The number of amides is 1. The first kappa shape index (κ1) is 16.4. The lowest BCUT2D eigenvalue weighted by atomic mass is 9.71. The molecule has 1 aromatic heterocycles. The quantitative estimate of drug-likeness (QED) is 0.849. The third kappa shape index (κ3) is 4.51. The van der Waals surface area contributed by atoms with Gasteiger partial charge < -0.3 is 11.1 Å². The van der Waals surface area contributed by atoms with E-state index in [2.05, 4.69) is 17.2 Å². The average molecular weight is 309 g/mol. The average Bonchev–Trinajstić information content (AvgIpc) is 2.78. The van der Waals surface area contributed by atoms with E-state index in [9.17, 15) is 4.79 Å². The molecule has 0 spiro atoms. The molecule has 0 atom stereocenters. The van der Waals surface area contributed by atoms with E-state index in [0.29, 0.717) is 19.5 Å². The summed E-state index contributed by atoms with van der Waals surface area (Å²) in [5.41, 5.74) is 7.09. The van der Waals surface area contributed by atoms with Crippen molar-refractivity contribution in [3.8, 4) is 0 Å². The summed E-state index contributed by atoms with van der Waals surface area (Å²) in [5, 5.41) is 4.15. The van der Waals surface area contributed by atoms with Gasteiger partial charge in [-0.3, -0.25) is 4.79 Å². The summed E-state index contributed by atoms with van der Waals surface area (Å²) in [6, 6.07) is 0. The van der Waals surface area contributed by atoms with E-state index >= 15 is 0 Å². The maximum absolute atomic E-state index is 12.2. The van der Waals surface area contributed by atoms with Gasteiger partial charge in [-0.25, -0.2) is 4.98 Å². The zero-order valence-corrected chi connectivity index (χ0v) is 14.0. The molecule has 0 bridgehead atoms. The number of rotatable bonds is 6. The zero-order valence-electron chi connectivity index (χ0n) is 13.2. The van der Waals surface area contributed by atoms with Crippen LogP contribution in [0.2, 0.25) is 0 Å². The first-order chi connectivity index (χ1) is 10.0. The van der Waals surface area contributed by atoms with Crippen LogP contribution in [0.5, 0.6) is 0 Å². The third-order valence-corrected chi connectivity index (χ3v) is 5.75. The number of aryl methyl sites for hydroxylation is 2. The predicted molar refractivity (Wildman–Crippen MR) is 87.5 cm³/mol. The molecule has 1 aromatic rings. The molecule has 1 aliphatic carbocycles. The highest BCUT2D eigenvalue weighted by atomic mass is 32.1. The topological polar surface area (TPSA) is 68.0 Å². The predicted octanol–water partition coefficient (Wildman–Crippen LogP) is 2.72. The van der Waals surface area contributed by atoms with Gasteiger partial charge in [0.1, 0.15) is 0 Å². The lowest BCUT2D eigenvalue weighted by molar-refractivity contribution is -0.123. The standard InChI is InChI=1S/C16H27N3OS/c1-12-13(2)21-15(19-12)6-9-18-14(20)10-16(11-17)7-4-3-5-8-16/h3-11,17H2,1-2H3,(H,18,20). The molecule has 1 aliphatic rings. The number of hydrogen-bond acceptors (Lipinski definition) is 4. The van der Waals surface area contributed by atoms with Gasteiger partial charge in [-0.15, -0.1) is 11.3 Å². The first-order valence-electron chi connectivity index (χ1n) is 7.94. The molecular formula is C16H27N3OS. The molecule has 1 amide bonds. The number of nitrogens with zero attached hydrogens (tertiary/aromatic N) is 1. The van der Waals surface area contributed by atoms with E-state index in [1.54, 1.807) is 11.3 Å². The SMILES string of the molecule is Cc1nc(CCNC(=O)CC2(CN)CCCCC2)sc1C. The van der Waals surface area contributed by atoms with Crippen LogP contribution in [-0.2, 0) is 11.2 Å². The van der Waals surface area contributed by atoms with Crippen LogP contribution in [-0.4, -0.2) is 24.0 Å². The molecule has 4 nitrogen and oxygen atoms in total. The van der Waals surface area contributed by atoms with Crippen molar-refractivity contribution in [2.75, 3.05) is 13.1 Å². The molecule has 2 rings (SSSR count). The molecule has 0 aromatic carbocycles. The fourth-order valence-electron chi connectivity index (χ4n) is 3.11. The van der Waals surface area contributed by atoms with E-state index in [4.69, 9.17) is 5.73 Å². The van der Waals surface area contributed by atoms with E-state index in [1.807, 2.05) is 6.92 Å². The normalized spacial score (nSPS) is 17.7. The minimum Gasteiger partial charge on any atom is -0.356 e. The molecular weight excluding hydrogens is 282 g/mol. The summed E-state index contributed by atoms with van der Waals surface area (Å²) < 4.78 is 0. The van der Waals surface area contributed by atoms with Gasteiger partial charge in [0.15, 0.2) is 0 Å². The monoisotopic (exact) mass is 309 g/mol. The molecule has 1 heterocycles. The summed E-state index contributed by atoms with van der Waals surface area (Å²) in [5.74, 6) is 0.146. The van der Waals surface area contributed by atoms with Crippen LogP contribution in [0.25, 0.3) is 0 Å². The van der Waals surface area contributed by atoms with Crippen molar-refractivity contribution in [1.82, 2.24) is 10.3 Å². The largest absolute Gasteiger partial charge is 0.356 e. The minimum atomic E-state index is 0.0523. The summed E-state index contributed by atoms with van der Waals surface area (Å²) >= 11 is 1.72. The zero-order chi connectivity index (χ0) is 15.3. The van der Waals surface area contributed by atoms with Crippen LogP contribution in [0.1, 0.15) is 54.1 Å². The van der Waals surface area contributed by atoms with Gasteiger partial charge in [-0.2, -0.15) is 0 Å². The Labute approximate surface area is 131 Å². The highest BCUT2D eigenvalue weighted by Crippen LogP contribution is 2.38. The third-order valence-electron chi connectivity index (χ3n) is 4.62. The molecule has 1 fully saturated rings. The van der Waals surface area contributed by atoms with E-state index in [-0.39, 0.29) is 11.3 Å². The fourth-order valence-corrected chi connectivity index (χ4v) is 4.05. The molecule has 118 valence electrons. The Hall–Kier alpha value is -0.940. The van der Waals surface area contributed by atoms with Gasteiger partial charge in [0, 0.05) is 24.3 Å². The van der Waals surface area contributed by atoms with Crippen LogP contribution in [0.4, 0.5) is 0 Å². The summed E-state index contributed by atoms with van der Waals surface area (Å²) in [6.07, 6.45) is 7.31. The van der Waals surface area contributed by atoms with Gasteiger partial charge in [-0.1, -0.05) is 19.3 Å². The molecule has 0 unspecified atom stereocenters. The van der Waals surface area contributed by atoms with E-state index < -0.39 is 0 Å². The van der Waals surface area contributed by atoms with Gasteiger partial charge in [0.25, 0.3) is 0 Å². The Morgan fingerprint density at radius 3 is 2.62 bits per heavy atom. The van der Waals surface area contributed by atoms with Crippen LogP contribution in [0.15, 0.2) is 0 Å². The number of carbonyl (C=O) groups excluding carboxylic acids is 1. The van der Waals surface area contributed by atoms with Crippen molar-refractivity contribution in [3.63, 3.8) is 0 Å². The van der Waals surface area contributed by atoms with Crippen LogP contribution >= 0.6 is 11.3 Å².